The molecular weight excluding hydrogens is 278 g/mol. The van der Waals surface area contributed by atoms with E-state index in [1.165, 1.54) is 11.1 Å². The average Bonchev–Trinajstić information content (AvgIpc) is 2.36. The van der Waals surface area contributed by atoms with Gasteiger partial charge in [0.1, 0.15) is 0 Å². The molecule has 0 aliphatic heterocycles. The molecule has 0 heterocycles. The smallest absolute Gasteiger partial charge is 0.0941 e. The van der Waals surface area contributed by atoms with Gasteiger partial charge in [-0.05, 0) is 26.3 Å². The first-order chi connectivity index (χ1) is 8.00. The van der Waals surface area contributed by atoms with E-state index in [-0.39, 0.29) is 5.60 Å². The molecule has 0 amide bonds. The van der Waals surface area contributed by atoms with Crippen molar-refractivity contribution in [3.05, 3.63) is 35.4 Å². The molecule has 1 rings (SSSR count). The molecule has 94 valence electrons. The summed E-state index contributed by atoms with van der Waals surface area (Å²) in [7, 11) is 1.72. The highest BCUT2D eigenvalue weighted by molar-refractivity contribution is 9.09. The number of aliphatic imine (C=N–C) groups is 1. The molecule has 3 heteroatoms. The molecule has 0 fully saturated rings. The van der Waals surface area contributed by atoms with Gasteiger partial charge in [0.2, 0.25) is 0 Å². The molecule has 0 bridgehead atoms. The number of halogens is 1. The normalized spacial score (nSPS) is 15.7. The molecule has 0 saturated carbocycles. The molecule has 0 saturated heterocycles. The molecule has 0 N–H and O–H groups in total. The highest BCUT2D eigenvalue weighted by atomic mass is 79.9. The molecule has 1 aromatic rings. The Morgan fingerprint density at radius 1 is 1.35 bits per heavy atom. The van der Waals surface area contributed by atoms with Gasteiger partial charge in [-0.15, -0.1) is 0 Å². The van der Waals surface area contributed by atoms with Gasteiger partial charge in [-0.25, -0.2) is 0 Å². The van der Waals surface area contributed by atoms with E-state index < -0.39 is 0 Å². The molecule has 0 spiro atoms. The number of aryl methyl sites for hydroxylation is 1. The zero-order valence-electron chi connectivity index (χ0n) is 11.0. The van der Waals surface area contributed by atoms with Gasteiger partial charge < -0.3 is 4.74 Å². The zero-order chi connectivity index (χ0) is 12.9. The average molecular weight is 298 g/mol. The largest absolute Gasteiger partial charge is 0.376 e. The Hall–Kier alpha value is -0.670. The minimum atomic E-state index is -0.230. The van der Waals surface area contributed by atoms with Crippen LogP contribution in [-0.2, 0) is 4.74 Å². The van der Waals surface area contributed by atoms with Gasteiger partial charge in [-0.1, -0.05) is 45.8 Å². The molecule has 1 aromatic carbocycles. The second kappa shape index (κ2) is 6.31. The summed E-state index contributed by atoms with van der Waals surface area (Å²) >= 11 is 3.45. The van der Waals surface area contributed by atoms with Crippen LogP contribution >= 0.6 is 15.9 Å². The molecule has 0 aliphatic rings. The minimum Gasteiger partial charge on any atom is -0.376 e. The van der Waals surface area contributed by atoms with Gasteiger partial charge in [-0.2, -0.15) is 0 Å². The van der Waals surface area contributed by atoms with E-state index in [9.17, 15) is 0 Å². The standard InChI is InChI=1S/C14H20BrNO/c1-11-5-7-13(8-6-11)12(2)16-10-14(3,9-15)17-4/h5-8H,9-10H2,1-4H3. The Labute approximate surface area is 112 Å². The third-order valence-corrected chi connectivity index (χ3v) is 4.08. The monoisotopic (exact) mass is 297 g/mol. The number of nitrogens with zero attached hydrogens (tertiary/aromatic N) is 1. The minimum absolute atomic E-state index is 0.230. The molecule has 17 heavy (non-hydrogen) atoms. The van der Waals surface area contributed by atoms with Gasteiger partial charge in [-0.3, -0.25) is 4.99 Å². The summed E-state index contributed by atoms with van der Waals surface area (Å²) in [6, 6.07) is 8.42. The number of methoxy groups -OCH3 is 1. The van der Waals surface area contributed by atoms with Crippen molar-refractivity contribution in [2.45, 2.75) is 26.4 Å². The number of rotatable bonds is 5. The number of ether oxygens (including phenoxy) is 1. The Balaban J connectivity index is 2.76. The zero-order valence-corrected chi connectivity index (χ0v) is 12.5. The number of alkyl halides is 1. The van der Waals surface area contributed by atoms with Crippen molar-refractivity contribution in [3.63, 3.8) is 0 Å². The fourth-order valence-corrected chi connectivity index (χ4v) is 1.74. The van der Waals surface area contributed by atoms with Crippen LogP contribution < -0.4 is 0 Å². The van der Waals surface area contributed by atoms with Gasteiger partial charge in [0, 0.05) is 18.2 Å². The van der Waals surface area contributed by atoms with Crippen LogP contribution in [0.15, 0.2) is 29.3 Å². The second-order valence-electron chi connectivity index (χ2n) is 4.56. The first-order valence-corrected chi connectivity index (χ1v) is 6.82. The fraction of sp³-hybridized carbons (Fsp3) is 0.500. The Bertz CT molecular complexity index is 380. The fourth-order valence-electron chi connectivity index (χ4n) is 1.33. The van der Waals surface area contributed by atoms with E-state index in [0.29, 0.717) is 6.54 Å². The number of benzene rings is 1. The van der Waals surface area contributed by atoms with Gasteiger partial charge >= 0.3 is 0 Å². The molecule has 0 aliphatic carbocycles. The maximum absolute atomic E-state index is 5.44. The van der Waals surface area contributed by atoms with Crippen molar-refractivity contribution >= 4 is 21.6 Å². The van der Waals surface area contributed by atoms with E-state index in [4.69, 9.17) is 4.74 Å². The van der Waals surface area contributed by atoms with Crippen LogP contribution in [-0.4, -0.2) is 30.3 Å². The highest BCUT2D eigenvalue weighted by Crippen LogP contribution is 2.14. The summed E-state index contributed by atoms with van der Waals surface area (Å²) in [5.41, 5.74) is 3.26. The first kappa shape index (κ1) is 14.4. The maximum Gasteiger partial charge on any atom is 0.0941 e. The van der Waals surface area contributed by atoms with Crippen LogP contribution in [0.4, 0.5) is 0 Å². The van der Waals surface area contributed by atoms with E-state index in [1.54, 1.807) is 7.11 Å². The van der Waals surface area contributed by atoms with Crippen molar-refractivity contribution in [1.82, 2.24) is 0 Å². The third-order valence-electron chi connectivity index (χ3n) is 2.90. The summed E-state index contributed by atoms with van der Waals surface area (Å²) in [6.07, 6.45) is 0. The molecule has 1 atom stereocenters. The summed E-state index contributed by atoms with van der Waals surface area (Å²) in [6.45, 7) is 6.83. The predicted octanol–water partition coefficient (Wildman–Crippen LogP) is 3.60. The summed E-state index contributed by atoms with van der Waals surface area (Å²) < 4.78 is 5.44. The third kappa shape index (κ3) is 4.25. The summed E-state index contributed by atoms with van der Waals surface area (Å²) in [4.78, 5) is 4.60. The first-order valence-electron chi connectivity index (χ1n) is 5.70. The van der Waals surface area contributed by atoms with Gasteiger partial charge in [0.05, 0.1) is 12.1 Å². The van der Waals surface area contributed by atoms with Crippen LogP contribution in [0.3, 0.4) is 0 Å². The predicted molar refractivity (Wildman–Crippen MR) is 77.5 cm³/mol. The second-order valence-corrected chi connectivity index (χ2v) is 5.12. The molecule has 2 nitrogen and oxygen atoms in total. The van der Waals surface area contributed by atoms with Crippen LogP contribution in [0.1, 0.15) is 25.0 Å². The van der Waals surface area contributed by atoms with Crippen LogP contribution in [0, 0.1) is 6.92 Å². The quantitative estimate of drug-likeness (QED) is 0.601. The Morgan fingerprint density at radius 2 is 1.94 bits per heavy atom. The lowest BCUT2D eigenvalue weighted by Gasteiger charge is -2.23. The molecule has 1 unspecified atom stereocenters. The van der Waals surface area contributed by atoms with Crippen molar-refractivity contribution < 1.29 is 4.74 Å². The van der Waals surface area contributed by atoms with Crippen molar-refractivity contribution in [2.75, 3.05) is 19.0 Å². The van der Waals surface area contributed by atoms with E-state index in [1.807, 2.05) is 13.8 Å². The van der Waals surface area contributed by atoms with Crippen LogP contribution in [0.25, 0.3) is 0 Å². The van der Waals surface area contributed by atoms with E-state index >= 15 is 0 Å². The van der Waals surface area contributed by atoms with E-state index in [0.717, 1.165) is 11.0 Å². The lowest BCUT2D eigenvalue weighted by atomic mass is 10.1. The van der Waals surface area contributed by atoms with Crippen molar-refractivity contribution in [1.29, 1.82) is 0 Å². The lowest BCUT2D eigenvalue weighted by molar-refractivity contribution is 0.0365. The topological polar surface area (TPSA) is 21.6 Å². The molecular formula is C14H20BrNO. The van der Waals surface area contributed by atoms with Crippen molar-refractivity contribution in [2.24, 2.45) is 4.99 Å². The Morgan fingerprint density at radius 3 is 2.41 bits per heavy atom. The molecule has 0 aromatic heterocycles. The highest BCUT2D eigenvalue weighted by Gasteiger charge is 2.21. The lowest BCUT2D eigenvalue weighted by Crippen LogP contribution is -2.33. The SMILES string of the molecule is COC(C)(CBr)CN=C(C)c1ccc(C)cc1. The van der Waals surface area contributed by atoms with Gasteiger partial charge in [0.25, 0.3) is 0 Å². The van der Waals surface area contributed by atoms with Crippen molar-refractivity contribution in [3.8, 4) is 0 Å². The number of hydrogen-bond acceptors (Lipinski definition) is 2. The van der Waals surface area contributed by atoms with Gasteiger partial charge in [0.15, 0.2) is 0 Å². The van der Waals surface area contributed by atoms with Crippen LogP contribution in [0.5, 0.6) is 0 Å². The van der Waals surface area contributed by atoms with E-state index in [2.05, 4.69) is 52.1 Å². The summed E-state index contributed by atoms with van der Waals surface area (Å²) in [5.74, 6) is 0. The summed E-state index contributed by atoms with van der Waals surface area (Å²) in [5, 5.41) is 0.779. The van der Waals surface area contributed by atoms with Crippen LogP contribution in [0.2, 0.25) is 0 Å². The number of hydrogen-bond donors (Lipinski definition) is 0. The molecule has 0 radical (unpaired) electrons. The Kier molecular flexibility index (Phi) is 5.34. The maximum atomic E-state index is 5.44.